The van der Waals surface area contributed by atoms with Crippen LogP contribution in [0.1, 0.15) is 18.5 Å². The first-order chi connectivity index (χ1) is 10.2. The third-order valence-electron chi connectivity index (χ3n) is 3.66. The van der Waals surface area contributed by atoms with E-state index in [0.717, 1.165) is 43.3 Å². The Morgan fingerprint density at radius 2 is 1.95 bits per heavy atom. The van der Waals surface area contributed by atoms with E-state index in [1.165, 1.54) is 0 Å². The van der Waals surface area contributed by atoms with Gasteiger partial charge in [0.05, 0.1) is 20.8 Å². The predicted octanol–water partition coefficient (Wildman–Crippen LogP) is 1.93. The predicted molar refractivity (Wildman–Crippen MR) is 85.3 cm³/mol. The van der Waals surface area contributed by atoms with Crippen LogP contribution in [-0.4, -0.2) is 59.5 Å². The molecule has 0 aromatic heterocycles. The van der Waals surface area contributed by atoms with Crippen molar-refractivity contribution in [3.8, 4) is 11.5 Å². The van der Waals surface area contributed by atoms with E-state index < -0.39 is 0 Å². The molecule has 0 saturated heterocycles. The molecule has 120 valence electrons. The molecule has 0 amide bonds. The van der Waals surface area contributed by atoms with Crippen LogP contribution < -0.4 is 14.8 Å². The Hall–Kier alpha value is -1.30. The van der Waals surface area contributed by atoms with Crippen LogP contribution in [-0.2, 0) is 4.74 Å². The summed E-state index contributed by atoms with van der Waals surface area (Å²) >= 11 is 0. The molecule has 0 radical (unpaired) electrons. The Morgan fingerprint density at radius 1 is 1.19 bits per heavy atom. The maximum absolute atomic E-state index is 5.49. The van der Waals surface area contributed by atoms with Gasteiger partial charge in [0.1, 0.15) is 11.5 Å². The van der Waals surface area contributed by atoms with Crippen molar-refractivity contribution in [2.24, 2.45) is 0 Å². The molecule has 0 aliphatic heterocycles. The van der Waals surface area contributed by atoms with Gasteiger partial charge in [0.2, 0.25) is 0 Å². The third-order valence-corrected chi connectivity index (χ3v) is 3.66. The molecule has 0 aliphatic rings. The van der Waals surface area contributed by atoms with E-state index in [0.29, 0.717) is 0 Å². The molecular formula is C16H28N2O3. The molecule has 5 nitrogen and oxygen atoms in total. The molecule has 1 unspecified atom stereocenters. The van der Waals surface area contributed by atoms with E-state index in [1.54, 1.807) is 21.3 Å². The minimum absolute atomic E-state index is 0.173. The standard InChI is InChI=1S/C16H28N2O3/c1-6-18(9-10-19-3)12-15(17-2)14-11-13(20-4)7-8-16(14)21-5/h7-8,11,15,17H,6,9-10,12H2,1-5H3. The average molecular weight is 296 g/mol. The lowest BCUT2D eigenvalue weighted by molar-refractivity contribution is 0.144. The van der Waals surface area contributed by atoms with Crippen molar-refractivity contribution in [1.82, 2.24) is 10.2 Å². The van der Waals surface area contributed by atoms with Crippen molar-refractivity contribution >= 4 is 0 Å². The Kier molecular flexibility index (Phi) is 8.12. The van der Waals surface area contributed by atoms with Gasteiger partial charge in [-0.25, -0.2) is 0 Å². The number of nitrogens with one attached hydrogen (secondary N) is 1. The Balaban J connectivity index is 2.91. The summed E-state index contributed by atoms with van der Waals surface area (Å²) in [7, 11) is 7.07. The SMILES string of the molecule is CCN(CCOC)CC(NC)c1cc(OC)ccc1OC. The van der Waals surface area contributed by atoms with Crippen LogP contribution in [0.15, 0.2) is 18.2 Å². The zero-order valence-corrected chi connectivity index (χ0v) is 13.8. The summed E-state index contributed by atoms with van der Waals surface area (Å²) in [5.41, 5.74) is 1.11. The van der Waals surface area contributed by atoms with Gasteiger partial charge < -0.3 is 19.5 Å². The van der Waals surface area contributed by atoms with E-state index in [4.69, 9.17) is 14.2 Å². The van der Waals surface area contributed by atoms with Crippen LogP contribution in [0.4, 0.5) is 0 Å². The number of benzene rings is 1. The van der Waals surface area contributed by atoms with Crippen molar-refractivity contribution in [2.75, 3.05) is 54.6 Å². The van der Waals surface area contributed by atoms with Crippen LogP contribution in [0.25, 0.3) is 0 Å². The number of rotatable bonds is 10. The van der Waals surface area contributed by atoms with E-state index in [-0.39, 0.29) is 6.04 Å². The van der Waals surface area contributed by atoms with E-state index in [9.17, 15) is 0 Å². The average Bonchev–Trinajstić information content (AvgIpc) is 2.54. The molecule has 0 spiro atoms. The van der Waals surface area contributed by atoms with Gasteiger partial charge >= 0.3 is 0 Å². The summed E-state index contributed by atoms with van der Waals surface area (Å²) in [5, 5.41) is 3.37. The van der Waals surface area contributed by atoms with Crippen LogP contribution in [0.3, 0.4) is 0 Å². The normalized spacial score (nSPS) is 12.5. The molecule has 0 aliphatic carbocycles. The first-order valence-corrected chi connectivity index (χ1v) is 7.30. The van der Waals surface area contributed by atoms with Gasteiger partial charge in [-0.05, 0) is 31.8 Å². The second-order valence-corrected chi connectivity index (χ2v) is 4.84. The van der Waals surface area contributed by atoms with Crippen molar-refractivity contribution in [3.05, 3.63) is 23.8 Å². The van der Waals surface area contributed by atoms with E-state index in [2.05, 4.69) is 17.1 Å². The van der Waals surface area contributed by atoms with Gasteiger partial charge in [-0.3, -0.25) is 4.90 Å². The molecule has 21 heavy (non-hydrogen) atoms. The molecular weight excluding hydrogens is 268 g/mol. The zero-order valence-electron chi connectivity index (χ0n) is 13.8. The highest BCUT2D eigenvalue weighted by Crippen LogP contribution is 2.29. The summed E-state index contributed by atoms with van der Waals surface area (Å²) < 4.78 is 16.0. The van der Waals surface area contributed by atoms with Crippen molar-refractivity contribution in [1.29, 1.82) is 0 Å². The van der Waals surface area contributed by atoms with Gasteiger partial charge in [-0.2, -0.15) is 0 Å². The lowest BCUT2D eigenvalue weighted by atomic mass is 10.0. The summed E-state index contributed by atoms with van der Waals surface area (Å²) in [6, 6.07) is 6.07. The largest absolute Gasteiger partial charge is 0.497 e. The van der Waals surface area contributed by atoms with Crippen molar-refractivity contribution in [2.45, 2.75) is 13.0 Å². The second-order valence-electron chi connectivity index (χ2n) is 4.84. The lowest BCUT2D eigenvalue weighted by Crippen LogP contribution is -2.36. The summed E-state index contributed by atoms with van der Waals surface area (Å²) in [5.74, 6) is 1.71. The first kappa shape index (κ1) is 17.8. The van der Waals surface area contributed by atoms with Gasteiger partial charge in [-0.1, -0.05) is 6.92 Å². The number of likely N-dealkylation sites (N-methyl/N-ethyl adjacent to an activating group) is 2. The molecule has 1 aromatic rings. The van der Waals surface area contributed by atoms with Crippen molar-refractivity contribution in [3.63, 3.8) is 0 Å². The van der Waals surface area contributed by atoms with Gasteiger partial charge in [0.25, 0.3) is 0 Å². The van der Waals surface area contributed by atoms with E-state index in [1.807, 2.05) is 25.2 Å². The highest BCUT2D eigenvalue weighted by Gasteiger charge is 2.18. The molecule has 1 aromatic carbocycles. The molecule has 0 heterocycles. The van der Waals surface area contributed by atoms with Crippen LogP contribution in [0, 0.1) is 0 Å². The minimum Gasteiger partial charge on any atom is -0.497 e. The molecule has 1 atom stereocenters. The van der Waals surface area contributed by atoms with Gasteiger partial charge in [-0.15, -0.1) is 0 Å². The van der Waals surface area contributed by atoms with Crippen molar-refractivity contribution < 1.29 is 14.2 Å². The topological polar surface area (TPSA) is 43.0 Å². The number of methoxy groups -OCH3 is 3. The molecule has 0 bridgehead atoms. The molecule has 0 fully saturated rings. The molecule has 0 saturated carbocycles. The maximum Gasteiger partial charge on any atom is 0.123 e. The molecule has 1 N–H and O–H groups in total. The highest BCUT2D eigenvalue weighted by molar-refractivity contribution is 5.42. The summed E-state index contributed by atoms with van der Waals surface area (Å²) in [6.45, 7) is 5.68. The quantitative estimate of drug-likeness (QED) is 0.715. The second kappa shape index (κ2) is 9.60. The fourth-order valence-corrected chi connectivity index (χ4v) is 2.31. The Morgan fingerprint density at radius 3 is 2.48 bits per heavy atom. The number of hydrogen-bond acceptors (Lipinski definition) is 5. The fraction of sp³-hybridized carbons (Fsp3) is 0.625. The zero-order chi connectivity index (χ0) is 15.7. The van der Waals surface area contributed by atoms with Gasteiger partial charge in [0.15, 0.2) is 0 Å². The number of nitrogens with zero attached hydrogens (tertiary/aromatic N) is 1. The summed E-state index contributed by atoms with van der Waals surface area (Å²) in [4.78, 5) is 2.35. The molecule has 5 heteroatoms. The fourth-order valence-electron chi connectivity index (χ4n) is 2.31. The number of hydrogen-bond donors (Lipinski definition) is 1. The Labute approximate surface area is 128 Å². The molecule has 1 rings (SSSR count). The maximum atomic E-state index is 5.49. The van der Waals surface area contributed by atoms with Crippen LogP contribution >= 0.6 is 0 Å². The monoisotopic (exact) mass is 296 g/mol. The smallest absolute Gasteiger partial charge is 0.123 e. The first-order valence-electron chi connectivity index (χ1n) is 7.30. The van der Waals surface area contributed by atoms with Gasteiger partial charge in [0, 0.05) is 31.8 Å². The lowest BCUT2D eigenvalue weighted by Gasteiger charge is -2.27. The van der Waals surface area contributed by atoms with E-state index >= 15 is 0 Å². The van der Waals surface area contributed by atoms with Crippen LogP contribution in [0.2, 0.25) is 0 Å². The highest BCUT2D eigenvalue weighted by atomic mass is 16.5. The van der Waals surface area contributed by atoms with Crippen LogP contribution in [0.5, 0.6) is 11.5 Å². The number of ether oxygens (including phenoxy) is 3. The Bertz CT molecular complexity index is 413. The summed E-state index contributed by atoms with van der Waals surface area (Å²) in [6.07, 6.45) is 0. The minimum atomic E-state index is 0.173. The third kappa shape index (κ3) is 5.19.